The van der Waals surface area contributed by atoms with E-state index in [4.69, 9.17) is 5.11 Å². The van der Waals surface area contributed by atoms with Gasteiger partial charge >= 0.3 is 5.97 Å². The van der Waals surface area contributed by atoms with E-state index in [2.05, 4.69) is 5.32 Å². The molecule has 2 heterocycles. The Bertz CT molecular complexity index is 1020. The zero-order valence-corrected chi connectivity index (χ0v) is 14.7. The molecule has 2 aromatic heterocycles. The van der Waals surface area contributed by atoms with Gasteiger partial charge in [0, 0.05) is 17.1 Å². The molecule has 0 fully saturated rings. The number of aliphatic carboxylic acids is 1. The van der Waals surface area contributed by atoms with Crippen LogP contribution in [0.15, 0.2) is 59.5 Å². The van der Waals surface area contributed by atoms with Gasteiger partial charge in [0.05, 0.1) is 10.6 Å². The van der Waals surface area contributed by atoms with Gasteiger partial charge in [-0.15, -0.1) is 11.3 Å². The molecule has 1 amide bonds. The summed E-state index contributed by atoms with van der Waals surface area (Å²) in [5, 5.41) is 11.5. The highest BCUT2D eigenvalue weighted by Gasteiger charge is 2.14. The SMILES string of the molecule is Cc1cc(C(=O)Nc2ccc(=O)n(CC(=O)O)c2)sc1-c1ccccc1. The molecule has 1 aromatic carbocycles. The lowest BCUT2D eigenvalue weighted by Gasteiger charge is -2.07. The highest BCUT2D eigenvalue weighted by Crippen LogP contribution is 2.32. The Balaban J connectivity index is 1.83. The molecule has 0 unspecified atom stereocenters. The molecule has 3 aromatic rings. The molecule has 0 radical (unpaired) electrons. The first-order valence-electron chi connectivity index (χ1n) is 7.83. The number of aryl methyl sites for hydroxylation is 1. The van der Waals surface area contributed by atoms with Crippen molar-refractivity contribution < 1.29 is 14.7 Å². The van der Waals surface area contributed by atoms with Crippen molar-refractivity contribution in [2.24, 2.45) is 0 Å². The van der Waals surface area contributed by atoms with E-state index in [1.54, 1.807) is 0 Å². The lowest BCUT2D eigenvalue weighted by molar-refractivity contribution is -0.137. The number of amides is 1. The van der Waals surface area contributed by atoms with E-state index in [9.17, 15) is 14.4 Å². The van der Waals surface area contributed by atoms with Crippen molar-refractivity contribution in [3.63, 3.8) is 0 Å². The molecular formula is C19H16N2O4S. The number of anilines is 1. The molecule has 0 atom stereocenters. The molecule has 0 spiro atoms. The fourth-order valence-electron chi connectivity index (χ4n) is 2.54. The molecule has 2 N–H and O–H groups in total. The summed E-state index contributed by atoms with van der Waals surface area (Å²) in [6.45, 7) is 1.49. The van der Waals surface area contributed by atoms with Crippen LogP contribution in [0.1, 0.15) is 15.2 Å². The summed E-state index contributed by atoms with van der Waals surface area (Å²) < 4.78 is 1.03. The van der Waals surface area contributed by atoms with Crippen LogP contribution in [0.2, 0.25) is 0 Å². The van der Waals surface area contributed by atoms with Gasteiger partial charge in [-0.1, -0.05) is 30.3 Å². The highest BCUT2D eigenvalue weighted by atomic mass is 32.1. The van der Waals surface area contributed by atoms with Crippen molar-refractivity contribution in [2.45, 2.75) is 13.5 Å². The van der Waals surface area contributed by atoms with Crippen LogP contribution >= 0.6 is 11.3 Å². The first-order valence-corrected chi connectivity index (χ1v) is 8.65. The van der Waals surface area contributed by atoms with Gasteiger partial charge in [0.1, 0.15) is 6.54 Å². The van der Waals surface area contributed by atoms with Crippen molar-refractivity contribution in [1.29, 1.82) is 0 Å². The molecule has 26 heavy (non-hydrogen) atoms. The quantitative estimate of drug-likeness (QED) is 0.724. The van der Waals surface area contributed by atoms with Gasteiger partial charge in [-0.05, 0) is 30.2 Å². The number of carboxylic acid groups (broad SMARTS) is 1. The number of thiophene rings is 1. The minimum Gasteiger partial charge on any atom is -0.480 e. The number of nitrogens with zero attached hydrogens (tertiary/aromatic N) is 1. The van der Waals surface area contributed by atoms with Crippen LogP contribution in [-0.2, 0) is 11.3 Å². The number of pyridine rings is 1. The summed E-state index contributed by atoms with van der Waals surface area (Å²) in [4.78, 5) is 36.5. The van der Waals surface area contributed by atoms with E-state index >= 15 is 0 Å². The fraction of sp³-hybridized carbons (Fsp3) is 0.105. The maximum absolute atomic E-state index is 12.5. The number of rotatable bonds is 5. The monoisotopic (exact) mass is 368 g/mol. The first-order chi connectivity index (χ1) is 12.4. The summed E-state index contributed by atoms with van der Waals surface area (Å²) >= 11 is 1.38. The largest absolute Gasteiger partial charge is 0.480 e. The molecule has 3 rings (SSSR count). The van der Waals surface area contributed by atoms with E-state index in [1.165, 1.54) is 29.7 Å². The number of hydrogen-bond donors (Lipinski definition) is 2. The molecule has 0 aliphatic rings. The topological polar surface area (TPSA) is 88.4 Å². The van der Waals surface area contributed by atoms with Crippen LogP contribution in [0.4, 0.5) is 5.69 Å². The molecule has 0 aliphatic heterocycles. The Labute approximate surface area is 153 Å². The summed E-state index contributed by atoms with van der Waals surface area (Å²) in [6, 6.07) is 14.3. The van der Waals surface area contributed by atoms with Crippen LogP contribution in [0.25, 0.3) is 10.4 Å². The molecule has 132 valence electrons. The summed E-state index contributed by atoms with van der Waals surface area (Å²) in [7, 11) is 0. The lowest BCUT2D eigenvalue weighted by atomic mass is 10.1. The summed E-state index contributed by atoms with van der Waals surface area (Å²) in [6.07, 6.45) is 1.33. The number of carboxylic acids is 1. The van der Waals surface area contributed by atoms with Gasteiger partial charge in [-0.3, -0.25) is 14.4 Å². The predicted molar refractivity (Wildman–Crippen MR) is 101 cm³/mol. The van der Waals surface area contributed by atoms with Crippen molar-refractivity contribution in [3.8, 4) is 10.4 Å². The van der Waals surface area contributed by atoms with Crippen LogP contribution in [0, 0.1) is 6.92 Å². The first kappa shape index (κ1) is 17.6. The van der Waals surface area contributed by atoms with Gasteiger partial charge in [0.25, 0.3) is 11.5 Å². The highest BCUT2D eigenvalue weighted by molar-refractivity contribution is 7.17. The normalized spacial score (nSPS) is 10.5. The predicted octanol–water partition coefficient (Wildman–Crippen LogP) is 3.22. The molecule has 6 nitrogen and oxygen atoms in total. The number of aromatic nitrogens is 1. The number of carbonyl (C=O) groups is 2. The standard InChI is InChI=1S/C19H16N2O4S/c1-12-9-15(26-18(12)13-5-3-2-4-6-13)19(25)20-14-7-8-16(22)21(10-14)11-17(23)24/h2-10H,11H2,1H3,(H,20,25)(H,23,24). The second-order valence-electron chi connectivity index (χ2n) is 5.72. The fourth-order valence-corrected chi connectivity index (χ4v) is 3.61. The van der Waals surface area contributed by atoms with Gasteiger partial charge in [0.15, 0.2) is 0 Å². The minimum absolute atomic E-state index is 0.305. The zero-order chi connectivity index (χ0) is 18.7. The van der Waals surface area contributed by atoms with Gasteiger partial charge in [-0.25, -0.2) is 0 Å². The number of hydrogen-bond acceptors (Lipinski definition) is 4. The summed E-state index contributed by atoms with van der Waals surface area (Å²) in [5.74, 6) is -1.43. The second kappa shape index (κ2) is 7.37. The van der Waals surface area contributed by atoms with E-state index in [1.807, 2.05) is 43.3 Å². The van der Waals surface area contributed by atoms with Crippen LogP contribution in [0.3, 0.4) is 0 Å². The molecule has 7 heteroatoms. The summed E-state index contributed by atoms with van der Waals surface area (Å²) in [5.41, 5.74) is 1.97. The average Bonchev–Trinajstić information content (AvgIpc) is 3.00. The Hall–Kier alpha value is -3.19. The third-order valence-corrected chi connectivity index (χ3v) is 5.01. The minimum atomic E-state index is -1.13. The molecule has 0 saturated carbocycles. The Morgan fingerprint density at radius 2 is 1.88 bits per heavy atom. The molecule has 0 aliphatic carbocycles. The van der Waals surface area contributed by atoms with Crippen molar-refractivity contribution in [2.75, 3.05) is 5.32 Å². The van der Waals surface area contributed by atoms with Crippen molar-refractivity contribution in [1.82, 2.24) is 4.57 Å². The maximum Gasteiger partial charge on any atom is 0.323 e. The zero-order valence-electron chi connectivity index (χ0n) is 13.9. The third kappa shape index (κ3) is 3.89. The molecular weight excluding hydrogens is 352 g/mol. The molecule has 0 bridgehead atoms. The average molecular weight is 368 g/mol. The third-order valence-electron chi connectivity index (χ3n) is 3.72. The van der Waals surface area contributed by atoms with E-state index in [0.29, 0.717) is 10.6 Å². The number of nitrogens with one attached hydrogen (secondary N) is 1. The van der Waals surface area contributed by atoms with E-state index in [0.717, 1.165) is 20.6 Å². The number of benzene rings is 1. The van der Waals surface area contributed by atoms with Gasteiger partial charge in [-0.2, -0.15) is 0 Å². The van der Waals surface area contributed by atoms with E-state index < -0.39 is 18.1 Å². The smallest absolute Gasteiger partial charge is 0.323 e. The van der Waals surface area contributed by atoms with Crippen molar-refractivity contribution >= 4 is 28.9 Å². The lowest BCUT2D eigenvalue weighted by Crippen LogP contribution is -2.23. The van der Waals surface area contributed by atoms with Crippen LogP contribution in [-0.4, -0.2) is 21.6 Å². The van der Waals surface area contributed by atoms with Gasteiger partial charge < -0.3 is 15.0 Å². The van der Waals surface area contributed by atoms with Crippen LogP contribution in [0.5, 0.6) is 0 Å². The van der Waals surface area contributed by atoms with Gasteiger partial charge in [0.2, 0.25) is 0 Å². The number of carbonyl (C=O) groups excluding carboxylic acids is 1. The second-order valence-corrected chi connectivity index (χ2v) is 6.77. The molecule has 0 saturated heterocycles. The Morgan fingerprint density at radius 3 is 2.58 bits per heavy atom. The Morgan fingerprint density at radius 1 is 1.15 bits per heavy atom. The van der Waals surface area contributed by atoms with Crippen molar-refractivity contribution in [3.05, 3.63) is 75.5 Å². The van der Waals surface area contributed by atoms with E-state index in [-0.39, 0.29) is 5.91 Å². The maximum atomic E-state index is 12.5. The van der Waals surface area contributed by atoms with Crippen LogP contribution < -0.4 is 10.9 Å². The Kier molecular flexibility index (Phi) is 4.99.